The summed E-state index contributed by atoms with van der Waals surface area (Å²) in [5, 5.41) is 10.1. The van der Waals surface area contributed by atoms with E-state index in [-0.39, 0.29) is 0 Å². The number of nitriles is 1. The van der Waals surface area contributed by atoms with E-state index in [4.69, 9.17) is 4.74 Å². The van der Waals surface area contributed by atoms with E-state index in [9.17, 15) is 5.26 Å². The van der Waals surface area contributed by atoms with Crippen LogP contribution in [0.3, 0.4) is 0 Å². The van der Waals surface area contributed by atoms with E-state index in [2.05, 4.69) is 25.1 Å². The molecule has 4 nitrogen and oxygen atoms in total. The number of pyridine rings is 1. The number of methoxy groups -OCH3 is 1. The molecule has 0 unspecified atom stereocenters. The second-order valence-corrected chi connectivity index (χ2v) is 5.54. The first-order chi connectivity index (χ1) is 8.58. The van der Waals surface area contributed by atoms with Gasteiger partial charge in [0.2, 0.25) is 0 Å². The van der Waals surface area contributed by atoms with Gasteiger partial charge < -0.3 is 9.64 Å². The van der Waals surface area contributed by atoms with E-state index in [1.54, 1.807) is 18.9 Å². The van der Waals surface area contributed by atoms with Gasteiger partial charge in [-0.15, -0.1) is 0 Å². The van der Waals surface area contributed by atoms with Crippen molar-refractivity contribution in [2.24, 2.45) is 0 Å². The number of nitrogens with zero attached hydrogens (tertiary/aromatic N) is 2. The number of aromatic nitrogens is 1. The Morgan fingerprint density at radius 3 is 2.78 bits per heavy atom. The second kappa shape index (κ2) is 7.37. The SMILES string of the molecule is COCc1cc(C)nc(SCC[NH+](C)C)c1C#N. The molecule has 0 radical (unpaired) electrons. The Balaban J connectivity index is 2.92. The molecule has 1 N–H and O–H groups in total. The fourth-order valence-corrected chi connectivity index (χ4v) is 2.79. The largest absolute Gasteiger partial charge is 0.380 e. The molecule has 0 aliphatic carbocycles. The zero-order chi connectivity index (χ0) is 13.5. The first-order valence-corrected chi connectivity index (χ1v) is 6.88. The molecule has 1 heterocycles. The number of quaternary nitrogens is 1. The van der Waals surface area contributed by atoms with Gasteiger partial charge in [0.1, 0.15) is 11.1 Å². The molecule has 0 fully saturated rings. The van der Waals surface area contributed by atoms with Crippen LogP contribution in [0.2, 0.25) is 0 Å². The molecule has 0 aliphatic heterocycles. The van der Waals surface area contributed by atoms with Gasteiger partial charge in [-0.05, 0) is 18.6 Å². The molecule has 0 bridgehead atoms. The quantitative estimate of drug-likeness (QED) is 0.768. The lowest BCUT2D eigenvalue weighted by Crippen LogP contribution is -3.06. The normalized spacial score (nSPS) is 10.7. The smallest absolute Gasteiger partial charge is 0.115 e. The Kier molecular flexibility index (Phi) is 6.13. The number of hydrogen-bond acceptors (Lipinski definition) is 4. The Bertz CT molecular complexity index is 441. The van der Waals surface area contributed by atoms with Crippen LogP contribution in [0.1, 0.15) is 16.8 Å². The summed E-state index contributed by atoms with van der Waals surface area (Å²) >= 11 is 1.64. The average Bonchev–Trinajstić information content (AvgIpc) is 2.28. The van der Waals surface area contributed by atoms with Gasteiger partial charge in [-0.25, -0.2) is 4.98 Å². The highest BCUT2D eigenvalue weighted by molar-refractivity contribution is 7.99. The Morgan fingerprint density at radius 2 is 2.22 bits per heavy atom. The molecule has 1 rings (SSSR count). The van der Waals surface area contributed by atoms with E-state index < -0.39 is 0 Å². The molecule has 98 valence electrons. The maximum absolute atomic E-state index is 9.26. The minimum atomic E-state index is 0.457. The fraction of sp³-hybridized carbons (Fsp3) is 0.538. The van der Waals surface area contributed by atoms with E-state index in [1.165, 1.54) is 4.90 Å². The van der Waals surface area contributed by atoms with Crippen molar-refractivity contribution in [3.8, 4) is 6.07 Å². The number of nitrogens with one attached hydrogen (secondary N) is 1. The van der Waals surface area contributed by atoms with Gasteiger partial charge in [0, 0.05) is 18.6 Å². The van der Waals surface area contributed by atoms with Crippen molar-refractivity contribution in [2.45, 2.75) is 18.6 Å². The number of rotatable bonds is 6. The van der Waals surface area contributed by atoms with Gasteiger partial charge in [-0.2, -0.15) is 5.26 Å². The zero-order valence-corrected chi connectivity index (χ0v) is 12.2. The summed E-state index contributed by atoms with van der Waals surface area (Å²) in [5.41, 5.74) is 2.51. The first-order valence-electron chi connectivity index (χ1n) is 5.90. The molecule has 0 aromatic carbocycles. The summed E-state index contributed by atoms with van der Waals surface area (Å²) in [6.45, 7) is 3.45. The maximum atomic E-state index is 9.26. The van der Waals surface area contributed by atoms with Gasteiger partial charge >= 0.3 is 0 Å². The van der Waals surface area contributed by atoms with Crippen molar-refractivity contribution in [3.05, 3.63) is 22.9 Å². The lowest BCUT2D eigenvalue weighted by atomic mass is 10.1. The molecule has 0 spiro atoms. The van der Waals surface area contributed by atoms with Crippen LogP contribution < -0.4 is 4.90 Å². The number of aryl methyl sites for hydroxylation is 1. The lowest BCUT2D eigenvalue weighted by molar-refractivity contribution is -0.855. The van der Waals surface area contributed by atoms with Crippen molar-refractivity contribution >= 4 is 11.8 Å². The average molecular weight is 266 g/mol. The van der Waals surface area contributed by atoms with E-state index in [1.807, 2.05) is 13.0 Å². The predicted molar refractivity (Wildman–Crippen MR) is 72.8 cm³/mol. The van der Waals surface area contributed by atoms with Crippen LogP contribution in [0, 0.1) is 18.3 Å². The summed E-state index contributed by atoms with van der Waals surface area (Å²) in [7, 11) is 5.87. The van der Waals surface area contributed by atoms with Crippen LogP contribution >= 0.6 is 11.8 Å². The maximum Gasteiger partial charge on any atom is 0.115 e. The summed E-state index contributed by atoms with van der Waals surface area (Å²) < 4.78 is 5.13. The molecule has 1 aromatic rings. The monoisotopic (exact) mass is 266 g/mol. The van der Waals surface area contributed by atoms with E-state index >= 15 is 0 Å². The molecule has 0 aliphatic rings. The van der Waals surface area contributed by atoms with Crippen molar-refractivity contribution in [1.29, 1.82) is 5.26 Å². The second-order valence-electron chi connectivity index (χ2n) is 4.45. The number of ether oxygens (including phenoxy) is 1. The van der Waals surface area contributed by atoms with Gasteiger partial charge in [0.05, 0.1) is 32.8 Å². The minimum Gasteiger partial charge on any atom is -0.380 e. The van der Waals surface area contributed by atoms with Crippen LogP contribution in [0.4, 0.5) is 0 Å². The van der Waals surface area contributed by atoms with Crippen LogP contribution in [0.5, 0.6) is 0 Å². The summed E-state index contributed by atoms with van der Waals surface area (Å²) in [5.74, 6) is 0.958. The van der Waals surface area contributed by atoms with Gasteiger partial charge in [0.15, 0.2) is 0 Å². The molecule has 0 saturated heterocycles. The highest BCUT2D eigenvalue weighted by Gasteiger charge is 2.12. The standard InChI is InChI=1S/C13H19N3OS/c1-10-7-11(9-17-4)12(8-14)13(15-10)18-6-5-16(2)3/h7H,5-6,9H2,1-4H3/p+1. The molecule has 18 heavy (non-hydrogen) atoms. The molecule has 0 amide bonds. The summed E-state index contributed by atoms with van der Waals surface area (Å²) in [6.07, 6.45) is 0. The molecular weight excluding hydrogens is 246 g/mol. The third kappa shape index (κ3) is 4.30. The topological polar surface area (TPSA) is 50.4 Å². The molecule has 1 aromatic heterocycles. The van der Waals surface area contributed by atoms with E-state index in [0.717, 1.165) is 28.6 Å². The predicted octanol–water partition coefficient (Wildman–Crippen LogP) is 0.645. The first kappa shape index (κ1) is 15.0. The number of thioether (sulfide) groups is 1. The van der Waals surface area contributed by atoms with Crippen LogP contribution in [0.25, 0.3) is 0 Å². The van der Waals surface area contributed by atoms with Crippen LogP contribution in [-0.4, -0.2) is 38.5 Å². The summed E-state index contributed by atoms with van der Waals surface area (Å²) in [4.78, 5) is 5.85. The minimum absolute atomic E-state index is 0.457. The Hall–Kier alpha value is -1.09. The van der Waals surface area contributed by atoms with Crippen LogP contribution in [-0.2, 0) is 11.3 Å². The van der Waals surface area contributed by atoms with Crippen LogP contribution in [0.15, 0.2) is 11.1 Å². The third-order valence-corrected chi connectivity index (χ3v) is 3.43. The Labute approximate surface area is 113 Å². The molecular formula is C13H20N3OS+. The van der Waals surface area contributed by atoms with Gasteiger partial charge in [-0.1, -0.05) is 11.8 Å². The lowest BCUT2D eigenvalue weighted by Gasteiger charge is -2.10. The van der Waals surface area contributed by atoms with Crippen molar-refractivity contribution in [3.63, 3.8) is 0 Å². The molecule has 5 heteroatoms. The molecule has 0 atom stereocenters. The van der Waals surface area contributed by atoms with Gasteiger partial charge in [-0.3, -0.25) is 0 Å². The molecule has 0 saturated carbocycles. The number of hydrogen-bond donors (Lipinski definition) is 1. The summed E-state index contributed by atoms with van der Waals surface area (Å²) in [6, 6.07) is 4.16. The highest BCUT2D eigenvalue weighted by Crippen LogP contribution is 2.23. The highest BCUT2D eigenvalue weighted by atomic mass is 32.2. The third-order valence-electron chi connectivity index (χ3n) is 2.45. The van der Waals surface area contributed by atoms with Crippen molar-refractivity contribution in [1.82, 2.24) is 4.98 Å². The zero-order valence-electron chi connectivity index (χ0n) is 11.4. The van der Waals surface area contributed by atoms with E-state index in [0.29, 0.717) is 12.2 Å². The fourth-order valence-electron chi connectivity index (χ4n) is 1.56. The van der Waals surface area contributed by atoms with Crippen molar-refractivity contribution in [2.75, 3.05) is 33.5 Å². The van der Waals surface area contributed by atoms with Crippen molar-refractivity contribution < 1.29 is 9.64 Å². The van der Waals surface area contributed by atoms with Gasteiger partial charge in [0.25, 0.3) is 0 Å². The Morgan fingerprint density at radius 1 is 1.50 bits per heavy atom.